The standard InChI is InChI=1S/C21H22F6N8O3/c22-20(23,24)13-7-30-18(31-8-13)33-1-3-34(4-2-33)19(37)38-10-12-5-11(12)9-35-14(6-28)15(17(29)36)16(32-35)21(25,26)27/h6-8,11-12,28H,1-5,9-10H2,(H2,29,36)/t11-,12-/m0/s1. The Labute approximate surface area is 211 Å². The van der Waals surface area contributed by atoms with Gasteiger partial charge in [0, 0.05) is 51.3 Å². The van der Waals surface area contributed by atoms with Gasteiger partial charge in [-0.1, -0.05) is 0 Å². The van der Waals surface area contributed by atoms with E-state index in [0.29, 0.717) is 25.0 Å². The lowest BCUT2D eigenvalue weighted by atomic mass is 10.1. The van der Waals surface area contributed by atoms with Crippen molar-refractivity contribution in [2.45, 2.75) is 25.3 Å². The number of aromatic nitrogens is 4. The second-order valence-corrected chi connectivity index (χ2v) is 8.87. The number of primary amides is 1. The fourth-order valence-corrected chi connectivity index (χ4v) is 4.15. The first-order valence-electron chi connectivity index (χ1n) is 11.3. The Morgan fingerprint density at radius 3 is 2.21 bits per heavy atom. The smallest absolute Gasteiger partial charge is 0.435 e. The maximum Gasteiger partial charge on any atom is 0.435 e. The van der Waals surface area contributed by atoms with E-state index < -0.39 is 41.2 Å². The Balaban J connectivity index is 1.26. The summed E-state index contributed by atoms with van der Waals surface area (Å²) in [6, 6.07) is 0. The summed E-state index contributed by atoms with van der Waals surface area (Å²) in [6.07, 6.45) is -7.54. The number of anilines is 1. The number of halogens is 6. The number of nitrogens with zero attached hydrogens (tertiary/aromatic N) is 6. The molecule has 1 aliphatic heterocycles. The van der Waals surface area contributed by atoms with Crippen molar-refractivity contribution in [1.82, 2.24) is 24.6 Å². The molecule has 17 heteroatoms. The molecule has 2 fully saturated rings. The van der Waals surface area contributed by atoms with Crippen molar-refractivity contribution in [2.75, 3.05) is 37.7 Å². The van der Waals surface area contributed by atoms with Crippen LogP contribution in [0.2, 0.25) is 0 Å². The molecule has 0 spiro atoms. The minimum absolute atomic E-state index is 0.0156. The Hall–Kier alpha value is -3.92. The maximum atomic E-state index is 13.3. The van der Waals surface area contributed by atoms with E-state index in [0.717, 1.165) is 4.68 Å². The van der Waals surface area contributed by atoms with Crippen molar-refractivity contribution in [3.8, 4) is 0 Å². The first kappa shape index (κ1) is 27.1. The lowest BCUT2D eigenvalue weighted by Gasteiger charge is -2.34. The zero-order valence-electron chi connectivity index (χ0n) is 19.6. The highest BCUT2D eigenvalue weighted by molar-refractivity contribution is 6.01. The summed E-state index contributed by atoms with van der Waals surface area (Å²) in [5.41, 5.74) is 1.46. The van der Waals surface area contributed by atoms with Gasteiger partial charge in [0.1, 0.15) is 0 Å². The highest BCUT2D eigenvalue weighted by Crippen LogP contribution is 2.41. The van der Waals surface area contributed by atoms with E-state index in [-0.39, 0.29) is 62.8 Å². The molecule has 0 unspecified atom stereocenters. The molecule has 2 atom stereocenters. The van der Waals surface area contributed by atoms with Crippen LogP contribution >= 0.6 is 0 Å². The minimum atomic E-state index is -4.92. The third-order valence-corrected chi connectivity index (χ3v) is 6.33. The van der Waals surface area contributed by atoms with Gasteiger partial charge in [-0.3, -0.25) is 9.48 Å². The molecular formula is C21H22F6N8O3. The summed E-state index contributed by atoms with van der Waals surface area (Å²) in [5.74, 6) is -1.55. The third kappa shape index (κ3) is 5.80. The lowest BCUT2D eigenvalue weighted by molar-refractivity contribution is -0.142. The summed E-state index contributed by atoms with van der Waals surface area (Å²) < 4.78 is 84.0. The van der Waals surface area contributed by atoms with Crippen LogP contribution in [0.15, 0.2) is 12.4 Å². The van der Waals surface area contributed by atoms with Crippen LogP contribution in [0.3, 0.4) is 0 Å². The van der Waals surface area contributed by atoms with E-state index in [1.807, 2.05) is 0 Å². The van der Waals surface area contributed by atoms with Gasteiger partial charge in [-0.05, 0) is 18.3 Å². The average molecular weight is 548 g/mol. The summed E-state index contributed by atoms with van der Waals surface area (Å²) in [7, 11) is 0. The predicted octanol–water partition coefficient (Wildman–Crippen LogP) is 2.40. The van der Waals surface area contributed by atoms with Crippen LogP contribution in [0.25, 0.3) is 0 Å². The quantitative estimate of drug-likeness (QED) is 0.400. The summed E-state index contributed by atoms with van der Waals surface area (Å²) in [4.78, 5) is 34.5. The number of nitrogens with one attached hydrogen (secondary N) is 1. The number of ether oxygens (including phenoxy) is 1. The summed E-state index contributed by atoms with van der Waals surface area (Å²) in [6.45, 7) is 1.01. The molecule has 3 heterocycles. The van der Waals surface area contributed by atoms with Gasteiger partial charge in [-0.25, -0.2) is 14.8 Å². The topological polar surface area (TPSA) is 143 Å². The van der Waals surface area contributed by atoms with Gasteiger partial charge < -0.3 is 25.7 Å². The van der Waals surface area contributed by atoms with Crippen LogP contribution in [-0.4, -0.2) is 75.6 Å². The number of rotatable bonds is 7. The molecule has 1 saturated carbocycles. The first-order valence-corrected chi connectivity index (χ1v) is 11.3. The second kappa shape index (κ2) is 10.1. The van der Waals surface area contributed by atoms with Crippen LogP contribution in [0.5, 0.6) is 0 Å². The van der Waals surface area contributed by atoms with Gasteiger partial charge in [-0.2, -0.15) is 31.4 Å². The average Bonchev–Trinajstić information content (AvgIpc) is 3.48. The van der Waals surface area contributed by atoms with Crippen molar-refractivity contribution >= 4 is 24.2 Å². The molecule has 2 amide bonds. The molecule has 38 heavy (non-hydrogen) atoms. The minimum Gasteiger partial charge on any atom is -0.449 e. The number of hydrogen-bond acceptors (Lipinski definition) is 8. The van der Waals surface area contributed by atoms with Crippen LogP contribution < -0.4 is 10.6 Å². The lowest BCUT2D eigenvalue weighted by Crippen LogP contribution is -2.49. The number of nitrogens with two attached hydrogens (primary N) is 1. The molecular weight excluding hydrogens is 526 g/mol. The molecule has 2 aliphatic rings. The van der Waals surface area contributed by atoms with Gasteiger partial charge in [0.05, 0.1) is 23.4 Å². The number of hydrogen-bond donors (Lipinski definition) is 2. The normalized spacial score (nSPS) is 19.8. The number of piperazine rings is 1. The Morgan fingerprint density at radius 2 is 1.68 bits per heavy atom. The largest absolute Gasteiger partial charge is 0.449 e. The van der Waals surface area contributed by atoms with Crippen LogP contribution in [0.1, 0.15) is 33.7 Å². The molecule has 11 nitrogen and oxygen atoms in total. The summed E-state index contributed by atoms with van der Waals surface area (Å²) >= 11 is 0. The Morgan fingerprint density at radius 1 is 1.05 bits per heavy atom. The van der Waals surface area contributed by atoms with Crippen molar-refractivity contribution in [1.29, 1.82) is 5.41 Å². The third-order valence-electron chi connectivity index (χ3n) is 6.33. The SMILES string of the molecule is N=Cc1c(C(N)=O)c(C(F)(F)F)nn1C[C@@H]1C[C@H]1COC(=O)N1CCN(c2ncc(C(F)(F)F)cn2)CC1. The van der Waals surface area contributed by atoms with Gasteiger partial charge in [-0.15, -0.1) is 0 Å². The molecule has 2 aromatic heterocycles. The van der Waals surface area contributed by atoms with Crippen LogP contribution in [0.4, 0.5) is 37.1 Å². The second-order valence-electron chi connectivity index (χ2n) is 8.87. The van der Waals surface area contributed by atoms with Crippen LogP contribution in [-0.2, 0) is 23.6 Å². The van der Waals surface area contributed by atoms with Crippen molar-refractivity contribution < 1.29 is 40.7 Å². The molecule has 1 saturated heterocycles. The molecule has 206 valence electrons. The van der Waals surface area contributed by atoms with E-state index in [9.17, 15) is 35.9 Å². The molecule has 0 bridgehead atoms. The highest BCUT2D eigenvalue weighted by atomic mass is 19.4. The van der Waals surface area contributed by atoms with Gasteiger partial charge in [0.15, 0.2) is 5.69 Å². The molecule has 1 aliphatic carbocycles. The Bertz CT molecular complexity index is 1210. The van der Waals surface area contributed by atoms with E-state index in [2.05, 4.69) is 15.1 Å². The van der Waals surface area contributed by atoms with E-state index in [4.69, 9.17) is 15.9 Å². The highest BCUT2D eigenvalue weighted by Gasteiger charge is 2.43. The van der Waals surface area contributed by atoms with Gasteiger partial charge in [0.2, 0.25) is 5.95 Å². The summed E-state index contributed by atoms with van der Waals surface area (Å²) in [5, 5.41) is 10.9. The number of carbonyl (C=O) groups excluding carboxylic acids is 2. The van der Waals surface area contributed by atoms with Crippen molar-refractivity contribution in [2.24, 2.45) is 17.6 Å². The van der Waals surface area contributed by atoms with Gasteiger partial charge >= 0.3 is 18.4 Å². The van der Waals surface area contributed by atoms with Crippen molar-refractivity contribution in [3.05, 3.63) is 34.9 Å². The van der Waals surface area contributed by atoms with E-state index in [1.54, 1.807) is 4.90 Å². The van der Waals surface area contributed by atoms with E-state index in [1.165, 1.54) is 4.90 Å². The fraction of sp³-hybridized carbons (Fsp3) is 0.524. The monoisotopic (exact) mass is 548 g/mol. The van der Waals surface area contributed by atoms with Crippen LogP contribution in [0, 0.1) is 17.2 Å². The molecule has 0 radical (unpaired) electrons. The number of carbonyl (C=O) groups is 2. The fourth-order valence-electron chi connectivity index (χ4n) is 4.15. The van der Waals surface area contributed by atoms with Crippen molar-refractivity contribution in [3.63, 3.8) is 0 Å². The number of amides is 2. The number of alkyl halides is 6. The molecule has 2 aromatic rings. The zero-order valence-corrected chi connectivity index (χ0v) is 19.6. The molecule has 3 N–H and O–H groups in total. The van der Waals surface area contributed by atoms with Gasteiger partial charge in [0.25, 0.3) is 5.91 Å². The zero-order chi connectivity index (χ0) is 27.8. The maximum absolute atomic E-state index is 13.3. The Kier molecular flexibility index (Phi) is 7.20. The van der Waals surface area contributed by atoms with E-state index >= 15 is 0 Å². The molecule has 0 aromatic carbocycles. The predicted molar refractivity (Wildman–Crippen MR) is 117 cm³/mol. The first-order chi connectivity index (χ1) is 17.8. The molecule has 4 rings (SSSR count).